The van der Waals surface area contributed by atoms with Gasteiger partial charge in [-0.2, -0.15) is 0 Å². The van der Waals surface area contributed by atoms with Crippen LogP contribution in [0, 0.1) is 12.8 Å². The predicted molar refractivity (Wildman–Crippen MR) is 116 cm³/mol. The van der Waals surface area contributed by atoms with Crippen molar-refractivity contribution < 1.29 is 14.3 Å². The molecule has 7 heteroatoms. The summed E-state index contributed by atoms with van der Waals surface area (Å²) >= 11 is 1.57. The standard InChI is InChI=1S/C22H27N3O3S/c1-15-7-9-25(10-8-15)14-20-16(2)23-22(29-20)24-21(26)6-4-17-3-5-18-19(13-17)28-12-11-27-18/h3-6,13,15H,7-12,14H2,1-2H3,(H,23,24,26)/b6-4-. The normalized spacial score (nSPS) is 17.6. The summed E-state index contributed by atoms with van der Waals surface area (Å²) in [5.74, 6) is 2.09. The first-order valence-corrected chi connectivity index (χ1v) is 11.0. The molecule has 1 saturated heterocycles. The van der Waals surface area contributed by atoms with E-state index in [0.29, 0.717) is 24.1 Å². The molecule has 0 unspecified atom stereocenters. The molecule has 0 bridgehead atoms. The van der Waals surface area contributed by atoms with Gasteiger partial charge in [0.1, 0.15) is 13.2 Å². The van der Waals surface area contributed by atoms with Gasteiger partial charge in [-0.05, 0) is 62.5 Å². The van der Waals surface area contributed by atoms with Crippen molar-refractivity contribution in [2.24, 2.45) is 5.92 Å². The van der Waals surface area contributed by atoms with Gasteiger partial charge in [-0.15, -0.1) is 11.3 Å². The average Bonchev–Trinajstić information content (AvgIpc) is 3.06. The Morgan fingerprint density at radius 2 is 2.03 bits per heavy atom. The molecule has 1 fully saturated rings. The van der Waals surface area contributed by atoms with Gasteiger partial charge in [0.05, 0.1) is 5.69 Å². The largest absolute Gasteiger partial charge is 0.486 e. The van der Waals surface area contributed by atoms with E-state index in [-0.39, 0.29) is 5.91 Å². The van der Waals surface area contributed by atoms with Crippen molar-refractivity contribution in [1.29, 1.82) is 0 Å². The molecule has 1 amide bonds. The van der Waals surface area contributed by atoms with Crippen molar-refractivity contribution in [3.05, 3.63) is 40.4 Å². The minimum Gasteiger partial charge on any atom is -0.486 e. The molecule has 2 aromatic rings. The number of benzene rings is 1. The molecule has 0 spiro atoms. The van der Waals surface area contributed by atoms with Gasteiger partial charge in [0, 0.05) is 17.5 Å². The van der Waals surface area contributed by atoms with Crippen molar-refractivity contribution in [3.63, 3.8) is 0 Å². The van der Waals surface area contributed by atoms with Crippen LogP contribution in [-0.4, -0.2) is 42.1 Å². The minimum absolute atomic E-state index is 0.188. The minimum atomic E-state index is -0.188. The lowest BCUT2D eigenvalue weighted by atomic mass is 9.99. The molecule has 0 saturated carbocycles. The average molecular weight is 414 g/mol. The topological polar surface area (TPSA) is 63.7 Å². The number of amides is 1. The maximum absolute atomic E-state index is 12.3. The molecule has 1 aromatic heterocycles. The monoisotopic (exact) mass is 413 g/mol. The Bertz CT molecular complexity index is 901. The zero-order valence-corrected chi connectivity index (χ0v) is 17.8. The molecule has 0 atom stereocenters. The smallest absolute Gasteiger partial charge is 0.250 e. The Labute approximate surface area is 175 Å². The van der Waals surface area contributed by atoms with E-state index in [2.05, 4.69) is 22.1 Å². The van der Waals surface area contributed by atoms with E-state index in [1.165, 1.54) is 23.8 Å². The Morgan fingerprint density at radius 1 is 1.28 bits per heavy atom. The Morgan fingerprint density at radius 3 is 2.83 bits per heavy atom. The van der Waals surface area contributed by atoms with Gasteiger partial charge < -0.3 is 9.47 Å². The van der Waals surface area contributed by atoms with Gasteiger partial charge in [-0.1, -0.05) is 13.0 Å². The summed E-state index contributed by atoms with van der Waals surface area (Å²) in [6.45, 7) is 8.64. The lowest BCUT2D eigenvalue weighted by molar-refractivity contribution is -0.111. The highest BCUT2D eigenvalue weighted by molar-refractivity contribution is 7.15. The molecule has 4 rings (SSSR count). The molecule has 2 aliphatic heterocycles. The van der Waals surface area contributed by atoms with Crippen LogP contribution >= 0.6 is 11.3 Å². The van der Waals surface area contributed by atoms with Gasteiger partial charge >= 0.3 is 0 Å². The fourth-order valence-corrected chi connectivity index (χ4v) is 4.54. The van der Waals surface area contributed by atoms with Crippen LogP contribution in [0.1, 0.15) is 35.9 Å². The summed E-state index contributed by atoms with van der Waals surface area (Å²) < 4.78 is 11.1. The third-order valence-corrected chi connectivity index (χ3v) is 6.42. The maximum atomic E-state index is 12.3. The van der Waals surface area contributed by atoms with Crippen molar-refractivity contribution >= 4 is 28.5 Å². The first kappa shape index (κ1) is 19.9. The molecule has 3 heterocycles. The van der Waals surface area contributed by atoms with Crippen LogP contribution in [0.4, 0.5) is 5.13 Å². The number of aromatic nitrogens is 1. The number of piperidine rings is 1. The number of thiazole rings is 1. The number of nitrogens with zero attached hydrogens (tertiary/aromatic N) is 2. The van der Waals surface area contributed by atoms with E-state index < -0.39 is 0 Å². The number of hydrogen-bond donors (Lipinski definition) is 1. The van der Waals surface area contributed by atoms with Crippen LogP contribution in [0.5, 0.6) is 11.5 Å². The lowest BCUT2D eigenvalue weighted by Gasteiger charge is -2.29. The second-order valence-corrected chi connectivity index (χ2v) is 8.80. The highest BCUT2D eigenvalue weighted by Crippen LogP contribution is 2.31. The first-order chi connectivity index (χ1) is 14.1. The van der Waals surface area contributed by atoms with Crippen molar-refractivity contribution in [2.75, 3.05) is 31.6 Å². The summed E-state index contributed by atoms with van der Waals surface area (Å²) in [4.78, 5) is 20.6. The van der Waals surface area contributed by atoms with Crippen molar-refractivity contribution in [3.8, 4) is 11.5 Å². The SMILES string of the molecule is Cc1nc(NC(=O)/C=C\c2ccc3c(c2)OCCO3)sc1CN1CCC(C)CC1. The quantitative estimate of drug-likeness (QED) is 0.748. The Balaban J connectivity index is 1.34. The summed E-state index contributed by atoms with van der Waals surface area (Å²) in [6, 6.07) is 5.65. The molecule has 1 aromatic carbocycles. The van der Waals surface area contributed by atoms with Gasteiger partial charge in [0.25, 0.3) is 0 Å². The highest BCUT2D eigenvalue weighted by atomic mass is 32.1. The fourth-order valence-electron chi connectivity index (χ4n) is 3.53. The molecule has 2 aliphatic rings. The van der Waals surface area contributed by atoms with Crippen LogP contribution in [0.15, 0.2) is 24.3 Å². The summed E-state index contributed by atoms with van der Waals surface area (Å²) in [5.41, 5.74) is 1.89. The molecule has 0 aliphatic carbocycles. The van der Waals surface area contributed by atoms with Crippen LogP contribution < -0.4 is 14.8 Å². The molecule has 29 heavy (non-hydrogen) atoms. The van der Waals surface area contributed by atoms with Crippen molar-refractivity contribution in [1.82, 2.24) is 9.88 Å². The number of hydrogen-bond acceptors (Lipinski definition) is 6. The number of anilines is 1. The van der Waals surface area contributed by atoms with E-state index in [1.54, 1.807) is 17.4 Å². The first-order valence-electron chi connectivity index (χ1n) is 10.1. The maximum Gasteiger partial charge on any atom is 0.250 e. The molecule has 154 valence electrons. The number of carbonyl (C=O) groups excluding carboxylic acids is 1. The number of aryl methyl sites for hydroxylation is 1. The number of rotatable bonds is 5. The highest BCUT2D eigenvalue weighted by Gasteiger charge is 2.18. The zero-order chi connectivity index (χ0) is 20.2. The molecule has 1 N–H and O–H groups in total. The summed E-state index contributed by atoms with van der Waals surface area (Å²) in [6.07, 6.45) is 5.80. The van der Waals surface area contributed by atoms with Crippen LogP contribution in [0.3, 0.4) is 0 Å². The number of carbonyl (C=O) groups is 1. The summed E-state index contributed by atoms with van der Waals surface area (Å²) in [5, 5.41) is 3.54. The van der Waals surface area contributed by atoms with Gasteiger partial charge in [0.2, 0.25) is 5.91 Å². The van der Waals surface area contributed by atoms with Crippen LogP contribution in [-0.2, 0) is 11.3 Å². The Hall–Kier alpha value is -2.38. The van der Waals surface area contributed by atoms with E-state index >= 15 is 0 Å². The second-order valence-electron chi connectivity index (χ2n) is 7.71. The van der Waals surface area contributed by atoms with Gasteiger partial charge in [-0.3, -0.25) is 15.0 Å². The summed E-state index contributed by atoms with van der Waals surface area (Å²) in [7, 11) is 0. The van der Waals surface area contributed by atoms with Crippen LogP contribution in [0.2, 0.25) is 0 Å². The number of likely N-dealkylation sites (tertiary alicyclic amines) is 1. The van der Waals surface area contributed by atoms with Gasteiger partial charge in [-0.25, -0.2) is 4.98 Å². The molecular weight excluding hydrogens is 386 g/mol. The lowest BCUT2D eigenvalue weighted by Crippen LogP contribution is -2.32. The third-order valence-electron chi connectivity index (χ3n) is 5.36. The van der Waals surface area contributed by atoms with E-state index in [4.69, 9.17) is 9.47 Å². The third kappa shape index (κ3) is 5.16. The number of ether oxygens (including phenoxy) is 2. The number of fused-ring (bicyclic) bond motifs is 1. The predicted octanol–water partition coefficient (Wildman–Crippen LogP) is 4.11. The molecule has 0 radical (unpaired) electrons. The fraction of sp³-hybridized carbons (Fsp3) is 0.455. The van der Waals surface area contributed by atoms with Crippen molar-refractivity contribution in [2.45, 2.75) is 33.2 Å². The Kier molecular flexibility index (Phi) is 6.16. The second kappa shape index (κ2) is 8.97. The molecular formula is C22H27N3O3S. The van der Waals surface area contributed by atoms with E-state index in [0.717, 1.165) is 42.6 Å². The van der Waals surface area contributed by atoms with E-state index in [1.807, 2.05) is 25.1 Å². The number of nitrogens with one attached hydrogen (secondary N) is 1. The van der Waals surface area contributed by atoms with Crippen LogP contribution in [0.25, 0.3) is 6.08 Å². The molecule has 6 nitrogen and oxygen atoms in total. The van der Waals surface area contributed by atoms with E-state index in [9.17, 15) is 4.79 Å². The van der Waals surface area contributed by atoms with Gasteiger partial charge in [0.15, 0.2) is 16.6 Å². The zero-order valence-electron chi connectivity index (χ0n) is 16.9.